The Balaban J connectivity index is 2.10. The Labute approximate surface area is 142 Å². The average Bonchev–Trinajstić information content (AvgIpc) is 2.76. The Kier molecular flexibility index (Phi) is 4.18. The van der Waals surface area contributed by atoms with Crippen molar-refractivity contribution < 1.29 is 18.4 Å². The van der Waals surface area contributed by atoms with Gasteiger partial charge < -0.3 is 14.0 Å². The SMILES string of the molecule is COc1cc(B2OC(C)(C)C(C)(C)O2)c(F)c(-c2ccccc2)c1. The molecule has 0 aromatic heterocycles. The summed E-state index contributed by atoms with van der Waals surface area (Å²) in [5.74, 6) is 0.223. The van der Waals surface area contributed by atoms with E-state index >= 15 is 4.39 Å². The molecule has 0 radical (unpaired) electrons. The Bertz CT molecular complexity index is 728. The van der Waals surface area contributed by atoms with Crippen LogP contribution in [0.1, 0.15) is 27.7 Å². The third-order valence-electron chi connectivity index (χ3n) is 4.90. The Morgan fingerprint density at radius 3 is 2.08 bits per heavy atom. The van der Waals surface area contributed by atoms with Crippen LogP contribution < -0.4 is 10.2 Å². The molecule has 0 amide bonds. The molecular formula is C19H22BFO3. The maximum atomic E-state index is 15.2. The standard InChI is InChI=1S/C19H22BFO3/c1-18(2)19(3,4)24-20(23-18)16-12-14(22-5)11-15(17(16)21)13-9-7-6-8-10-13/h6-12H,1-5H3. The van der Waals surface area contributed by atoms with Crippen LogP contribution in [0.3, 0.4) is 0 Å². The lowest BCUT2D eigenvalue weighted by atomic mass is 9.77. The van der Waals surface area contributed by atoms with Crippen LogP contribution in [0.25, 0.3) is 11.1 Å². The molecule has 1 saturated heterocycles. The highest BCUT2D eigenvalue weighted by atomic mass is 19.1. The first-order chi connectivity index (χ1) is 11.2. The van der Waals surface area contributed by atoms with Crippen molar-refractivity contribution in [2.75, 3.05) is 7.11 Å². The van der Waals surface area contributed by atoms with Gasteiger partial charge in [-0.05, 0) is 45.4 Å². The molecule has 2 aromatic carbocycles. The zero-order chi connectivity index (χ0) is 17.5. The fourth-order valence-corrected chi connectivity index (χ4v) is 2.71. The van der Waals surface area contributed by atoms with Gasteiger partial charge in [-0.3, -0.25) is 0 Å². The molecule has 3 rings (SSSR count). The van der Waals surface area contributed by atoms with Crippen molar-refractivity contribution in [1.82, 2.24) is 0 Å². The molecule has 0 bridgehead atoms. The quantitative estimate of drug-likeness (QED) is 0.802. The second kappa shape index (κ2) is 5.90. The maximum Gasteiger partial charge on any atom is 0.498 e. The second-order valence-corrected chi connectivity index (χ2v) is 7.03. The molecule has 1 aliphatic rings. The minimum atomic E-state index is -0.771. The van der Waals surface area contributed by atoms with E-state index in [0.717, 1.165) is 5.56 Å². The lowest BCUT2D eigenvalue weighted by Gasteiger charge is -2.32. The number of halogens is 1. The molecule has 0 N–H and O–H groups in total. The van der Waals surface area contributed by atoms with E-state index in [1.807, 2.05) is 58.0 Å². The number of hydrogen-bond acceptors (Lipinski definition) is 3. The molecule has 1 heterocycles. The topological polar surface area (TPSA) is 27.7 Å². The zero-order valence-electron chi connectivity index (χ0n) is 14.7. The fourth-order valence-electron chi connectivity index (χ4n) is 2.71. The van der Waals surface area contributed by atoms with E-state index in [9.17, 15) is 0 Å². The first kappa shape index (κ1) is 17.0. The summed E-state index contributed by atoms with van der Waals surface area (Å²) in [4.78, 5) is 0. The first-order valence-electron chi connectivity index (χ1n) is 8.04. The number of rotatable bonds is 3. The summed E-state index contributed by atoms with van der Waals surface area (Å²) in [6.07, 6.45) is 0. The fraction of sp³-hybridized carbons (Fsp3) is 0.368. The van der Waals surface area contributed by atoms with Gasteiger partial charge in [0.15, 0.2) is 0 Å². The predicted octanol–water partition coefficient (Wildman–Crippen LogP) is 3.80. The molecule has 3 nitrogen and oxygen atoms in total. The van der Waals surface area contributed by atoms with Gasteiger partial charge in [0.1, 0.15) is 11.6 Å². The molecule has 1 aliphatic heterocycles. The van der Waals surface area contributed by atoms with Crippen LogP contribution in [0, 0.1) is 5.82 Å². The van der Waals surface area contributed by atoms with E-state index in [0.29, 0.717) is 16.8 Å². The summed E-state index contributed by atoms with van der Waals surface area (Å²) >= 11 is 0. The Hall–Kier alpha value is -1.85. The van der Waals surface area contributed by atoms with Gasteiger partial charge in [-0.25, -0.2) is 4.39 Å². The highest BCUT2D eigenvalue weighted by Gasteiger charge is 2.52. The van der Waals surface area contributed by atoms with E-state index in [4.69, 9.17) is 14.0 Å². The predicted molar refractivity (Wildman–Crippen MR) is 94.1 cm³/mol. The van der Waals surface area contributed by atoms with Gasteiger partial charge >= 0.3 is 7.12 Å². The third-order valence-corrected chi connectivity index (χ3v) is 4.90. The van der Waals surface area contributed by atoms with Crippen LogP contribution in [-0.4, -0.2) is 25.4 Å². The van der Waals surface area contributed by atoms with Gasteiger partial charge in [-0.2, -0.15) is 0 Å². The lowest BCUT2D eigenvalue weighted by Crippen LogP contribution is -2.41. The summed E-state index contributed by atoms with van der Waals surface area (Å²) < 4.78 is 32.6. The Morgan fingerprint density at radius 2 is 1.54 bits per heavy atom. The highest BCUT2D eigenvalue weighted by Crippen LogP contribution is 2.37. The summed E-state index contributed by atoms with van der Waals surface area (Å²) in [7, 11) is 0.795. The van der Waals surface area contributed by atoms with Gasteiger partial charge in [0.05, 0.1) is 18.3 Å². The maximum absolute atomic E-state index is 15.2. The molecule has 0 aliphatic carbocycles. The van der Waals surface area contributed by atoms with Crippen molar-refractivity contribution in [1.29, 1.82) is 0 Å². The van der Waals surface area contributed by atoms with Crippen molar-refractivity contribution >= 4 is 12.6 Å². The number of benzene rings is 2. The van der Waals surface area contributed by atoms with Crippen molar-refractivity contribution in [2.45, 2.75) is 38.9 Å². The van der Waals surface area contributed by atoms with E-state index < -0.39 is 18.3 Å². The lowest BCUT2D eigenvalue weighted by molar-refractivity contribution is 0.00578. The second-order valence-electron chi connectivity index (χ2n) is 7.03. The number of ether oxygens (including phenoxy) is 1. The van der Waals surface area contributed by atoms with Gasteiger partial charge in [0.2, 0.25) is 0 Å². The molecule has 0 spiro atoms. The van der Waals surface area contributed by atoms with E-state index in [-0.39, 0.29) is 5.82 Å². The van der Waals surface area contributed by atoms with E-state index in [2.05, 4.69) is 0 Å². The van der Waals surface area contributed by atoms with Crippen molar-refractivity contribution in [3.05, 3.63) is 48.3 Å². The highest BCUT2D eigenvalue weighted by molar-refractivity contribution is 6.62. The normalized spacial score (nSPS) is 18.7. The van der Waals surface area contributed by atoms with Crippen LogP contribution in [-0.2, 0) is 9.31 Å². The van der Waals surface area contributed by atoms with Gasteiger partial charge in [-0.1, -0.05) is 30.3 Å². The molecule has 0 unspecified atom stereocenters. The minimum Gasteiger partial charge on any atom is -0.497 e. The van der Waals surface area contributed by atoms with Crippen molar-refractivity contribution in [3.63, 3.8) is 0 Å². The van der Waals surface area contributed by atoms with Crippen LogP contribution in [0.4, 0.5) is 4.39 Å². The molecule has 0 saturated carbocycles. The monoisotopic (exact) mass is 328 g/mol. The van der Waals surface area contributed by atoms with E-state index in [1.165, 1.54) is 0 Å². The number of methoxy groups -OCH3 is 1. The molecule has 126 valence electrons. The molecular weight excluding hydrogens is 306 g/mol. The van der Waals surface area contributed by atoms with Gasteiger partial charge in [0, 0.05) is 11.0 Å². The number of hydrogen-bond donors (Lipinski definition) is 0. The van der Waals surface area contributed by atoms with Gasteiger partial charge in [-0.15, -0.1) is 0 Å². The largest absolute Gasteiger partial charge is 0.498 e. The minimum absolute atomic E-state index is 0.347. The molecule has 0 atom stereocenters. The van der Waals surface area contributed by atoms with Crippen LogP contribution >= 0.6 is 0 Å². The van der Waals surface area contributed by atoms with Crippen molar-refractivity contribution in [3.8, 4) is 16.9 Å². The summed E-state index contributed by atoms with van der Waals surface area (Å²) in [5, 5.41) is 0. The van der Waals surface area contributed by atoms with Gasteiger partial charge in [0.25, 0.3) is 0 Å². The third kappa shape index (κ3) is 2.83. The van der Waals surface area contributed by atoms with Crippen LogP contribution in [0.2, 0.25) is 0 Å². The molecule has 5 heteroatoms. The first-order valence-corrected chi connectivity index (χ1v) is 8.04. The smallest absolute Gasteiger partial charge is 0.497 e. The summed E-state index contributed by atoms with van der Waals surface area (Å²) in [6.45, 7) is 7.79. The molecule has 24 heavy (non-hydrogen) atoms. The average molecular weight is 328 g/mol. The Morgan fingerprint density at radius 1 is 0.958 bits per heavy atom. The molecule has 2 aromatic rings. The zero-order valence-corrected chi connectivity index (χ0v) is 14.7. The molecule has 1 fully saturated rings. The summed E-state index contributed by atoms with van der Waals surface area (Å²) in [5.41, 5.74) is 0.554. The van der Waals surface area contributed by atoms with Crippen molar-refractivity contribution in [2.24, 2.45) is 0 Å². The van der Waals surface area contributed by atoms with Crippen LogP contribution in [0.5, 0.6) is 5.75 Å². The van der Waals surface area contributed by atoms with E-state index in [1.54, 1.807) is 19.2 Å². The van der Waals surface area contributed by atoms with Crippen LogP contribution in [0.15, 0.2) is 42.5 Å². The summed E-state index contributed by atoms with van der Waals surface area (Å²) in [6, 6.07) is 12.7.